The molecule has 22 heavy (non-hydrogen) atoms. The number of nitrogens with zero attached hydrogens (tertiary/aromatic N) is 1. The van der Waals surface area contributed by atoms with Gasteiger partial charge in [-0.05, 0) is 49.7 Å². The second-order valence-electron chi connectivity index (χ2n) is 4.95. The highest BCUT2D eigenvalue weighted by Crippen LogP contribution is 2.18. The van der Waals surface area contributed by atoms with Crippen molar-refractivity contribution < 1.29 is 14.3 Å². The zero-order valence-corrected chi connectivity index (χ0v) is 13.0. The number of aryl methyl sites for hydroxylation is 1. The van der Waals surface area contributed by atoms with Crippen LogP contribution in [0.1, 0.15) is 33.2 Å². The number of anilines is 1. The predicted octanol–water partition coefficient (Wildman–Crippen LogP) is 3.45. The maximum Gasteiger partial charge on any atom is 0.338 e. The van der Waals surface area contributed by atoms with Crippen LogP contribution in [0.4, 0.5) is 5.69 Å². The molecule has 0 saturated carbocycles. The summed E-state index contributed by atoms with van der Waals surface area (Å²) in [7, 11) is 1.72. The minimum atomic E-state index is -0.359. The Morgan fingerprint density at radius 2 is 1.68 bits per heavy atom. The van der Waals surface area contributed by atoms with Gasteiger partial charge in [0.15, 0.2) is 0 Å². The van der Waals surface area contributed by atoms with Gasteiger partial charge in [0, 0.05) is 18.3 Å². The lowest BCUT2D eigenvalue weighted by atomic mass is 10.1. The van der Waals surface area contributed by atoms with E-state index in [1.54, 1.807) is 49.2 Å². The zero-order chi connectivity index (χ0) is 16.1. The Labute approximate surface area is 130 Å². The van der Waals surface area contributed by atoms with Gasteiger partial charge in [0.2, 0.25) is 0 Å². The van der Waals surface area contributed by atoms with Gasteiger partial charge in [0.05, 0.1) is 12.2 Å². The fourth-order valence-corrected chi connectivity index (χ4v) is 2.15. The fraction of sp³-hybridized carbons (Fsp3) is 0.222. The largest absolute Gasteiger partial charge is 0.462 e. The molecule has 0 fully saturated rings. The van der Waals surface area contributed by atoms with Crippen LogP contribution >= 0.6 is 0 Å². The van der Waals surface area contributed by atoms with E-state index in [0.29, 0.717) is 17.7 Å². The highest BCUT2D eigenvalue weighted by atomic mass is 16.5. The molecule has 4 nitrogen and oxygen atoms in total. The first-order chi connectivity index (χ1) is 10.5. The van der Waals surface area contributed by atoms with Crippen molar-refractivity contribution in [1.29, 1.82) is 0 Å². The van der Waals surface area contributed by atoms with Crippen LogP contribution in [0, 0.1) is 6.92 Å². The summed E-state index contributed by atoms with van der Waals surface area (Å²) in [5.41, 5.74) is 2.80. The summed E-state index contributed by atoms with van der Waals surface area (Å²) in [5.74, 6) is -0.441. The highest BCUT2D eigenvalue weighted by molar-refractivity contribution is 6.06. The number of ether oxygens (including phenoxy) is 1. The molecule has 0 aliphatic carbocycles. The van der Waals surface area contributed by atoms with Crippen molar-refractivity contribution >= 4 is 17.6 Å². The molecule has 0 spiro atoms. The van der Waals surface area contributed by atoms with Gasteiger partial charge < -0.3 is 9.64 Å². The van der Waals surface area contributed by atoms with Crippen molar-refractivity contribution in [3.63, 3.8) is 0 Å². The molecular formula is C18H19NO3. The van der Waals surface area contributed by atoms with E-state index in [4.69, 9.17) is 4.74 Å². The van der Waals surface area contributed by atoms with Crippen molar-refractivity contribution in [3.05, 3.63) is 65.2 Å². The van der Waals surface area contributed by atoms with Gasteiger partial charge in [-0.1, -0.05) is 18.2 Å². The maximum atomic E-state index is 12.5. The van der Waals surface area contributed by atoms with Gasteiger partial charge >= 0.3 is 5.97 Å². The topological polar surface area (TPSA) is 46.6 Å². The third kappa shape index (κ3) is 3.34. The van der Waals surface area contributed by atoms with Crippen LogP contribution in [0.2, 0.25) is 0 Å². The van der Waals surface area contributed by atoms with E-state index in [0.717, 1.165) is 11.3 Å². The predicted molar refractivity (Wildman–Crippen MR) is 86.3 cm³/mol. The molecular weight excluding hydrogens is 278 g/mol. The lowest BCUT2D eigenvalue weighted by molar-refractivity contribution is 0.0526. The molecule has 0 aliphatic rings. The van der Waals surface area contributed by atoms with E-state index in [1.807, 2.05) is 25.1 Å². The Kier molecular flexibility index (Phi) is 4.94. The highest BCUT2D eigenvalue weighted by Gasteiger charge is 2.15. The summed E-state index contributed by atoms with van der Waals surface area (Å²) in [6.07, 6.45) is 0. The molecule has 0 atom stereocenters. The molecule has 4 heteroatoms. The minimum Gasteiger partial charge on any atom is -0.462 e. The standard InChI is InChI=1S/C18H19NO3/c1-4-22-18(21)14-9-11-15(12-10-14)19(3)17(20)16-8-6-5-7-13(16)2/h5-12H,4H2,1-3H3. The molecule has 0 aromatic heterocycles. The van der Waals surface area contributed by atoms with Gasteiger partial charge in [-0.3, -0.25) is 4.79 Å². The Balaban J connectivity index is 2.19. The monoisotopic (exact) mass is 297 g/mol. The molecule has 0 radical (unpaired) electrons. The quantitative estimate of drug-likeness (QED) is 0.812. The van der Waals surface area contributed by atoms with Crippen LogP contribution in [0.5, 0.6) is 0 Å². The van der Waals surface area contributed by atoms with Crippen molar-refractivity contribution in [2.24, 2.45) is 0 Å². The molecule has 0 N–H and O–H groups in total. The molecule has 0 bridgehead atoms. The molecule has 2 rings (SSSR count). The average molecular weight is 297 g/mol. The van der Waals surface area contributed by atoms with Crippen molar-refractivity contribution in [2.45, 2.75) is 13.8 Å². The van der Waals surface area contributed by atoms with E-state index in [-0.39, 0.29) is 11.9 Å². The minimum absolute atomic E-state index is 0.0815. The Bertz CT molecular complexity index is 677. The van der Waals surface area contributed by atoms with Gasteiger partial charge in [-0.2, -0.15) is 0 Å². The summed E-state index contributed by atoms with van der Waals surface area (Å²) in [4.78, 5) is 25.7. The van der Waals surface area contributed by atoms with Crippen molar-refractivity contribution in [3.8, 4) is 0 Å². The first-order valence-electron chi connectivity index (χ1n) is 7.15. The molecule has 0 heterocycles. The number of benzene rings is 2. The SMILES string of the molecule is CCOC(=O)c1ccc(N(C)C(=O)c2ccccc2C)cc1. The third-order valence-corrected chi connectivity index (χ3v) is 3.45. The van der Waals surface area contributed by atoms with E-state index in [2.05, 4.69) is 0 Å². The van der Waals surface area contributed by atoms with E-state index in [1.165, 1.54) is 0 Å². The van der Waals surface area contributed by atoms with Gasteiger partial charge in [0.25, 0.3) is 5.91 Å². The Morgan fingerprint density at radius 3 is 2.27 bits per heavy atom. The second-order valence-corrected chi connectivity index (χ2v) is 4.95. The average Bonchev–Trinajstić information content (AvgIpc) is 2.54. The summed E-state index contributed by atoms with van der Waals surface area (Å²) in [6.45, 7) is 4.01. The first-order valence-corrected chi connectivity index (χ1v) is 7.15. The number of hydrogen-bond donors (Lipinski definition) is 0. The summed E-state index contributed by atoms with van der Waals surface area (Å²) in [5, 5.41) is 0. The third-order valence-electron chi connectivity index (χ3n) is 3.45. The first kappa shape index (κ1) is 15.8. The van der Waals surface area contributed by atoms with Crippen molar-refractivity contribution in [2.75, 3.05) is 18.6 Å². The lowest BCUT2D eigenvalue weighted by Crippen LogP contribution is -2.26. The van der Waals surface area contributed by atoms with Gasteiger partial charge in [-0.25, -0.2) is 4.79 Å². The zero-order valence-electron chi connectivity index (χ0n) is 13.0. The van der Waals surface area contributed by atoms with Crippen LogP contribution in [0.3, 0.4) is 0 Å². The number of esters is 1. The van der Waals surface area contributed by atoms with E-state index in [9.17, 15) is 9.59 Å². The second kappa shape index (κ2) is 6.89. The molecule has 0 unspecified atom stereocenters. The van der Waals surface area contributed by atoms with Crippen LogP contribution < -0.4 is 4.90 Å². The van der Waals surface area contributed by atoms with Crippen LogP contribution in [0.15, 0.2) is 48.5 Å². The van der Waals surface area contributed by atoms with Gasteiger partial charge in [-0.15, -0.1) is 0 Å². The molecule has 2 aromatic carbocycles. The number of amides is 1. The van der Waals surface area contributed by atoms with E-state index >= 15 is 0 Å². The van der Waals surface area contributed by atoms with Crippen LogP contribution in [-0.2, 0) is 4.74 Å². The number of rotatable bonds is 4. The van der Waals surface area contributed by atoms with E-state index < -0.39 is 0 Å². The van der Waals surface area contributed by atoms with Crippen LogP contribution in [0.25, 0.3) is 0 Å². The number of carbonyl (C=O) groups excluding carboxylic acids is 2. The summed E-state index contributed by atoms with van der Waals surface area (Å²) < 4.78 is 4.94. The molecule has 2 aromatic rings. The van der Waals surface area contributed by atoms with Crippen LogP contribution in [-0.4, -0.2) is 25.5 Å². The summed E-state index contributed by atoms with van der Waals surface area (Å²) >= 11 is 0. The Morgan fingerprint density at radius 1 is 1.05 bits per heavy atom. The normalized spacial score (nSPS) is 10.1. The smallest absolute Gasteiger partial charge is 0.338 e. The number of hydrogen-bond acceptors (Lipinski definition) is 3. The molecule has 1 amide bonds. The van der Waals surface area contributed by atoms with Gasteiger partial charge in [0.1, 0.15) is 0 Å². The maximum absolute atomic E-state index is 12.5. The van der Waals surface area contributed by atoms with Crippen molar-refractivity contribution in [1.82, 2.24) is 0 Å². The lowest BCUT2D eigenvalue weighted by Gasteiger charge is -2.18. The molecule has 0 saturated heterocycles. The Hall–Kier alpha value is -2.62. The molecule has 114 valence electrons. The summed E-state index contributed by atoms with van der Waals surface area (Å²) in [6, 6.07) is 14.3. The fourth-order valence-electron chi connectivity index (χ4n) is 2.15. The molecule has 0 aliphatic heterocycles. The number of carbonyl (C=O) groups is 2.